The van der Waals surface area contributed by atoms with Crippen LogP contribution in [-0.4, -0.2) is 41.2 Å². The normalized spacial score (nSPS) is 18.0. The van der Waals surface area contributed by atoms with Crippen molar-refractivity contribution in [3.05, 3.63) is 29.8 Å². The third kappa shape index (κ3) is 4.21. The van der Waals surface area contributed by atoms with Crippen LogP contribution in [0.2, 0.25) is 0 Å². The fourth-order valence-electron chi connectivity index (χ4n) is 3.32. The molecule has 1 aromatic carbocycles. The van der Waals surface area contributed by atoms with Gasteiger partial charge in [0, 0.05) is 11.6 Å². The molecule has 0 saturated carbocycles. The minimum absolute atomic E-state index is 0.136. The molecule has 118 valence electrons. The third-order valence-electron chi connectivity index (χ3n) is 4.76. The number of likely N-dealkylation sites (tertiary alicyclic amines) is 1. The largest absolute Gasteiger partial charge is 0.508 e. The summed E-state index contributed by atoms with van der Waals surface area (Å²) >= 11 is 0. The zero-order valence-corrected chi connectivity index (χ0v) is 13.7. The lowest BCUT2D eigenvalue weighted by atomic mass is 9.87. The maximum absolute atomic E-state index is 9.69. The Morgan fingerprint density at radius 1 is 1.29 bits per heavy atom. The summed E-state index contributed by atoms with van der Waals surface area (Å²) in [5, 5.41) is 13.4. The number of benzene rings is 1. The lowest BCUT2D eigenvalue weighted by Gasteiger charge is -2.43. The minimum Gasteiger partial charge on any atom is -0.508 e. The Hall–Kier alpha value is -1.06. The number of nitrogens with zero attached hydrogens (tertiary/aromatic N) is 1. The standard InChI is InChI=1S/C18H30N2O/c1-4-10-19-17(14-15-8-7-9-16(21)13-15)18(2,3)20-11-5-6-12-20/h7-9,13,17,19,21H,4-6,10-12,14H2,1-3H3. The number of aromatic hydroxyl groups is 1. The molecule has 0 amide bonds. The van der Waals surface area contributed by atoms with Crippen molar-refractivity contribution < 1.29 is 5.11 Å². The van der Waals surface area contributed by atoms with E-state index in [1.807, 2.05) is 12.1 Å². The van der Waals surface area contributed by atoms with Gasteiger partial charge in [0.05, 0.1) is 0 Å². The van der Waals surface area contributed by atoms with Crippen molar-refractivity contribution >= 4 is 0 Å². The van der Waals surface area contributed by atoms with E-state index in [4.69, 9.17) is 0 Å². The number of phenols is 1. The van der Waals surface area contributed by atoms with Crippen molar-refractivity contribution in [2.24, 2.45) is 0 Å². The van der Waals surface area contributed by atoms with Crippen LogP contribution in [0.5, 0.6) is 5.75 Å². The Kier molecular flexibility index (Phi) is 5.65. The lowest BCUT2D eigenvalue weighted by Crippen LogP contribution is -2.58. The molecule has 1 aromatic rings. The molecule has 3 nitrogen and oxygen atoms in total. The molecule has 1 atom stereocenters. The smallest absolute Gasteiger partial charge is 0.115 e. The first kappa shape index (κ1) is 16.3. The molecule has 0 bridgehead atoms. The SMILES string of the molecule is CCCNC(Cc1cccc(O)c1)C(C)(C)N1CCCC1. The second-order valence-corrected chi connectivity index (χ2v) is 6.73. The van der Waals surface area contributed by atoms with Gasteiger partial charge in [-0.05, 0) is 76.9 Å². The zero-order valence-electron chi connectivity index (χ0n) is 13.7. The summed E-state index contributed by atoms with van der Waals surface area (Å²) in [5.41, 5.74) is 1.34. The molecule has 21 heavy (non-hydrogen) atoms. The molecule has 2 rings (SSSR count). The summed E-state index contributed by atoms with van der Waals surface area (Å²) in [5.74, 6) is 0.362. The number of rotatable bonds is 7. The molecule has 1 unspecified atom stereocenters. The molecule has 2 N–H and O–H groups in total. The molecule has 1 saturated heterocycles. The van der Waals surface area contributed by atoms with Crippen LogP contribution in [0.3, 0.4) is 0 Å². The van der Waals surface area contributed by atoms with Gasteiger partial charge in [0.2, 0.25) is 0 Å². The highest BCUT2D eigenvalue weighted by Gasteiger charge is 2.36. The van der Waals surface area contributed by atoms with E-state index in [0.717, 1.165) is 19.4 Å². The topological polar surface area (TPSA) is 35.5 Å². The quantitative estimate of drug-likeness (QED) is 0.809. The van der Waals surface area contributed by atoms with Gasteiger partial charge in [-0.3, -0.25) is 4.90 Å². The molecule has 0 radical (unpaired) electrons. The van der Waals surface area contributed by atoms with Gasteiger partial charge in [-0.1, -0.05) is 19.1 Å². The van der Waals surface area contributed by atoms with Crippen LogP contribution in [0.4, 0.5) is 0 Å². The average molecular weight is 290 g/mol. The number of phenolic OH excluding ortho intramolecular Hbond substituents is 1. The van der Waals surface area contributed by atoms with Gasteiger partial charge in [0.15, 0.2) is 0 Å². The number of hydrogen-bond acceptors (Lipinski definition) is 3. The van der Waals surface area contributed by atoms with Crippen LogP contribution >= 0.6 is 0 Å². The summed E-state index contributed by atoms with van der Waals surface area (Å²) in [6, 6.07) is 8.08. The average Bonchev–Trinajstić information content (AvgIpc) is 2.98. The summed E-state index contributed by atoms with van der Waals surface area (Å²) in [4.78, 5) is 2.61. The molecule has 1 aliphatic rings. The fourth-order valence-corrected chi connectivity index (χ4v) is 3.32. The van der Waals surface area contributed by atoms with Gasteiger partial charge in [-0.15, -0.1) is 0 Å². The Bertz CT molecular complexity index is 439. The molecule has 0 aliphatic carbocycles. The first-order valence-electron chi connectivity index (χ1n) is 8.30. The van der Waals surface area contributed by atoms with E-state index in [2.05, 4.69) is 37.1 Å². The maximum Gasteiger partial charge on any atom is 0.115 e. The predicted molar refractivity (Wildman–Crippen MR) is 88.8 cm³/mol. The van der Waals surface area contributed by atoms with E-state index in [-0.39, 0.29) is 5.54 Å². The van der Waals surface area contributed by atoms with Crippen LogP contribution < -0.4 is 5.32 Å². The van der Waals surface area contributed by atoms with Crippen LogP contribution in [-0.2, 0) is 6.42 Å². The number of hydrogen-bond donors (Lipinski definition) is 2. The van der Waals surface area contributed by atoms with Gasteiger partial charge >= 0.3 is 0 Å². The molecule has 0 spiro atoms. The van der Waals surface area contributed by atoms with Crippen molar-refractivity contribution in [1.82, 2.24) is 10.2 Å². The van der Waals surface area contributed by atoms with E-state index >= 15 is 0 Å². The highest BCUT2D eigenvalue weighted by molar-refractivity contribution is 5.28. The molecule has 1 aliphatic heterocycles. The van der Waals surface area contributed by atoms with Crippen LogP contribution in [0.25, 0.3) is 0 Å². The third-order valence-corrected chi connectivity index (χ3v) is 4.76. The van der Waals surface area contributed by atoms with Crippen LogP contribution in [0, 0.1) is 0 Å². The van der Waals surface area contributed by atoms with Crippen molar-refractivity contribution in [2.75, 3.05) is 19.6 Å². The zero-order chi connectivity index (χ0) is 15.3. The Morgan fingerprint density at radius 3 is 2.62 bits per heavy atom. The Labute approximate surface area is 129 Å². The first-order chi connectivity index (χ1) is 10.0. The maximum atomic E-state index is 9.69. The first-order valence-corrected chi connectivity index (χ1v) is 8.30. The van der Waals surface area contributed by atoms with Gasteiger partial charge in [0.1, 0.15) is 5.75 Å². The Balaban J connectivity index is 2.12. The monoisotopic (exact) mass is 290 g/mol. The molecule has 1 heterocycles. The molecular weight excluding hydrogens is 260 g/mol. The molecule has 3 heteroatoms. The van der Waals surface area contributed by atoms with Gasteiger partial charge in [-0.2, -0.15) is 0 Å². The van der Waals surface area contributed by atoms with Gasteiger partial charge in [0.25, 0.3) is 0 Å². The van der Waals surface area contributed by atoms with Crippen molar-refractivity contribution in [3.8, 4) is 5.75 Å². The highest BCUT2D eigenvalue weighted by Crippen LogP contribution is 2.27. The fraction of sp³-hybridized carbons (Fsp3) is 0.667. The van der Waals surface area contributed by atoms with Crippen LogP contribution in [0.1, 0.15) is 45.6 Å². The van der Waals surface area contributed by atoms with Crippen molar-refractivity contribution in [2.45, 2.75) is 58.0 Å². The molecule has 0 aromatic heterocycles. The van der Waals surface area contributed by atoms with E-state index in [0.29, 0.717) is 11.8 Å². The Morgan fingerprint density at radius 2 is 2.00 bits per heavy atom. The second kappa shape index (κ2) is 7.28. The van der Waals surface area contributed by atoms with E-state index < -0.39 is 0 Å². The summed E-state index contributed by atoms with van der Waals surface area (Å²) in [6.07, 6.45) is 4.73. The summed E-state index contributed by atoms with van der Waals surface area (Å²) < 4.78 is 0. The highest BCUT2D eigenvalue weighted by atomic mass is 16.3. The lowest BCUT2D eigenvalue weighted by molar-refractivity contribution is 0.106. The second-order valence-electron chi connectivity index (χ2n) is 6.73. The summed E-state index contributed by atoms with van der Waals surface area (Å²) in [7, 11) is 0. The van der Waals surface area contributed by atoms with Crippen molar-refractivity contribution in [1.29, 1.82) is 0 Å². The van der Waals surface area contributed by atoms with Crippen LogP contribution in [0.15, 0.2) is 24.3 Å². The summed E-state index contributed by atoms with van der Waals surface area (Å²) in [6.45, 7) is 10.4. The predicted octanol–water partition coefficient (Wildman–Crippen LogP) is 3.18. The van der Waals surface area contributed by atoms with Gasteiger partial charge in [-0.25, -0.2) is 0 Å². The van der Waals surface area contributed by atoms with E-state index in [1.165, 1.54) is 31.5 Å². The van der Waals surface area contributed by atoms with E-state index in [9.17, 15) is 5.11 Å². The minimum atomic E-state index is 0.136. The molecule has 1 fully saturated rings. The van der Waals surface area contributed by atoms with E-state index in [1.54, 1.807) is 6.07 Å². The van der Waals surface area contributed by atoms with Gasteiger partial charge < -0.3 is 10.4 Å². The molecular formula is C18H30N2O. The number of nitrogens with one attached hydrogen (secondary N) is 1. The van der Waals surface area contributed by atoms with Crippen molar-refractivity contribution in [3.63, 3.8) is 0 Å².